The average molecular weight is 516 g/mol. The highest BCUT2D eigenvalue weighted by Crippen LogP contribution is 2.33. The first-order chi connectivity index (χ1) is 11.2. The molecule has 0 aromatic heterocycles. The van der Waals surface area contributed by atoms with Crippen molar-refractivity contribution in [2.24, 2.45) is 4.99 Å². The molecule has 0 fully saturated rings. The third-order valence-corrected chi connectivity index (χ3v) is 3.86. The van der Waals surface area contributed by atoms with Crippen molar-refractivity contribution in [1.82, 2.24) is 10.6 Å². The number of benzene rings is 1. The van der Waals surface area contributed by atoms with Gasteiger partial charge in [0.1, 0.15) is 0 Å². The maximum Gasteiger partial charge on any atom is 0.191 e. The largest absolute Gasteiger partial charge is 0.493 e. The molecule has 0 unspecified atom stereocenters. The minimum absolute atomic E-state index is 0. The topological polar surface area (TPSA) is 64.1 Å². The molecule has 0 bridgehead atoms. The molecule has 0 saturated carbocycles. The normalized spacial score (nSPS) is 10.8. The van der Waals surface area contributed by atoms with Gasteiger partial charge in [0.2, 0.25) is 0 Å². The van der Waals surface area contributed by atoms with Crippen LogP contribution in [-0.2, 0) is 11.3 Å². The van der Waals surface area contributed by atoms with Crippen LogP contribution < -0.4 is 20.1 Å². The number of aliphatic imine (C=N–C) groups is 1. The summed E-state index contributed by atoms with van der Waals surface area (Å²) in [6.07, 6.45) is 0.932. The van der Waals surface area contributed by atoms with Crippen molar-refractivity contribution in [1.29, 1.82) is 0 Å². The summed E-state index contributed by atoms with van der Waals surface area (Å²) in [7, 11) is 4.95. The van der Waals surface area contributed by atoms with Gasteiger partial charge in [0.25, 0.3) is 0 Å². The van der Waals surface area contributed by atoms with Crippen LogP contribution >= 0.6 is 39.9 Å². The lowest BCUT2D eigenvalue weighted by Crippen LogP contribution is -2.38. The summed E-state index contributed by atoms with van der Waals surface area (Å²) in [6, 6.07) is 3.82. The van der Waals surface area contributed by atoms with Gasteiger partial charge in [-0.25, -0.2) is 4.99 Å². The maximum atomic E-state index is 5.34. The Morgan fingerprint density at radius 1 is 1.12 bits per heavy atom. The Morgan fingerprint density at radius 3 is 2.38 bits per heavy atom. The fourth-order valence-electron chi connectivity index (χ4n) is 1.95. The van der Waals surface area contributed by atoms with E-state index in [4.69, 9.17) is 14.2 Å². The van der Waals surface area contributed by atoms with E-state index in [0.717, 1.165) is 42.1 Å². The second kappa shape index (κ2) is 13.5. The van der Waals surface area contributed by atoms with Gasteiger partial charge in [-0.05, 0) is 31.0 Å². The van der Waals surface area contributed by atoms with Gasteiger partial charge in [-0.15, -0.1) is 24.0 Å². The van der Waals surface area contributed by atoms with Crippen molar-refractivity contribution < 1.29 is 14.2 Å². The van der Waals surface area contributed by atoms with Crippen molar-refractivity contribution in [3.8, 4) is 11.5 Å². The fourth-order valence-corrected chi connectivity index (χ4v) is 2.39. The number of guanidine groups is 1. The zero-order valence-corrected chi connectivity index (χ0v) is 18.6. The second-order valence-corrected chi connectivity index (χ2v) is 5.62. The molecule has 0 saturated heterocycles. The highest BCUT2D eigenvalue weighted by atomic mass is 127. The smallest absolute Gasteiger partial charge is 0.191 e. The molecule has 0 atom stereocenters. The van der Waals surface area contributed by atoms with E-state index in [1.165, 1.54) is 0 Å². The maximum absolute atomic E-state index is 5.34. The number of ether oxygens (including phenoxy) is 3. The quantitative estimate of drug-likeness (QED) is 0.229. The number of halogens is 2. The second-order valence-electron chi connectivity index (χ2n) is 4.77. The molecule has 0 amide bonds. The molecule has 1 aromatic carbocycles. The Kier molecular flexibility index (Phi) is 13.1. The molecule has 0 aliphatic heterocycles. The summed E-state index contributed by atoms with van der Waals surface area (Å²) in [6.45, 7) is 4.92. The lowest BCUT2D eigenvalue weighted by atomic mass is 10.2. The van der Waals surface area contributed by atoms with E-state index in [1.54, 1.807) is 21.3 Å². The van der Waals surface area contributed by atoms with Gasteiger partial charge < -0.3 is 24.8 Å². The van der Waals surface area contributed by atoms with Crippen LogP contribution in [0.25, 0.3) is 0 Å². The molecular weight excluding hydrogens is 489 g/mol. The molecule has 24 heavy (non-hydrogen) atoms. The molecule has 8 heteroatoms. The Bertz CT molecular complexity index is 516. The van der Waals surface area contributed by atoms with E-state index in [0.29, 0.717) is 18.0 Å². The minimum atomic E-state index is 0. The van der Waals surface area contributed by atoms with Crippen LogP contribution in [-0.4, -0.2) is 47.0 Å². The van der Waals surface area contributed by atoms with E-state index in [2.05, 4.69) is 31.6 Å². The summed E-state index contributed by atoms with van der Waals surface area (Å²) >= 11 is 3.55. The lowest BCUT2D eigenvalue weighted by molar-refractivity contribution is 0.195. The average Bonchev–Trinajstić information content (AvgIpc) is 2.56. The summed E-state index contributed by atoms with van der Waals surface area (Å²) in [4.78, 5) is 4.60. The van der Waals surface area contributed by atoms with Gasteiger partial charge in [0, 0.05) is 31.3 Å². The van der Waals surface area contributed by atoms with Crippen LogP contribution in [0.3, 0.4) is 0 Å². The number of nitrogens with zero attached hydrogens (tertiary/aromatic N) is 1. The molecule has 0 heterocycles. The summed E-state index contributed by atoms with van der Waals surface area (Å²) < 4.78 is 16.6. The molecule has 0 aliphatic rings. The number of nitrogens with one attached hydrogen (secondary N) is 2. The van der Waals surface area contributed by atoms with Gasteiger partial charge >= 0.3 is 0 Å². The Morgan fingerprint density at radius 2 is 1.79 bits per heavy atom. The number of rotatable bonds is 9. The van der Waals surface area contributed by atoms with Gasteiger partial charge in [0.05, 0.1) is 20.8 Å². The van der Waals surface area contributed by atoms with Gasteiger partial charge in [-0.1, -0.05) is 15.9 Å². The summed E-state index contributed by atoms with van der Waals surface area (Å²) in [5, 5.41) is 6.51. The number of hydrogen-bond acceptors (Lipinski definition) is 4. The minimum Gasteiger partial charge on any atom is -0.493 e. The molecule has 1 rings (SSSR count). The van der Waals surface area contributed by atoms with E-state index in [-0.39, 0.29) is 24.0 Å². The van der Waals surface area contributed by atoms with Crippen LogP contribution in [0.2, 0.25) is 0 Å². The van der Waals surface area contributed by atoms with E-state index in [9.17, 15) is 0 Å². The molecule has 0 aliphatic carbocycles. The van der Waals surface area contributed by atoms with Gasteiger partial charge in [-0.3, -0.25) is 0 Å². The highest BCUT2D eigenvalue weighted by molar-refractivity contribution is 14.0. The van der Waals surface area contributed by atoms with Gasteiger partial charge in [0.15, 0.2) is 17.5 Å². The highest BCUT2D eigenvalue weighted by Gasteiger charge is 2.09. The third kappa shape index (κ3) is 7.89. The first-order valence-corrected chi connectivity index (χ1v) is 8.37. The third-order valence-electron chi connectivity index (χ3n) is 3.12. The SMILES string of the molecule is CCNC(=NCc1cc(OC)c(OC)cc1Br)NCCCOC.I. The van der Waals surface area contributed by atoms with Crippen molar-refractivity contribution in [3.05, 3.63) is 22.2 Å². The zero-order chi connectivity index (χ0) is 17.1. The van der Waals surface area contributed by atoms with E-state index < -0.39 is 0 Å². The zero-order valence-electron chi connectivity index (χ0n) is 14.6. The molecule has 6 nitrogen and oxygen atoms in total. The van der Waals surface area contributed by atoms with Gasteiger partial charge in [-0.2, -0.15) is 0 Å². The molecule has 2 N–H and O–H groups in total. The predicted octanol–water partition coefficient (Wildman–Crippen LogP) is 3.18. The molecule has 138 valence electrons. The Hall–Kier alpha value is -0.740. The van der Waals surface area contributed by atoms with Crippen LogP contribution in [0.1, 0.15) is 18.9 Å². The van der Waals surface area contributed by atoms with Crippen molar-refractivity contribution in [3.63, 3.8) is 0 Å². The summed E-state index contributed by atoms with van der Waals surface area (Å²) in [5.74, 6) is 2.17. The molecular formula is C16H27BrIN3O3. The standard InChI is InChI=1S/C16H26BrN3O3.HI/c1-5-18-16(19-7-6-8-21-2)20-11-12-9-14(22-3)15(23-4)10-13(12)17;/h9-10H,5-8,11H2,1-4H3,(H2,18,19,20);1H. The first kappa shape index (κ1) is 23.3. The first-order valence-electron chi connectivity index (χ1n) is 7.57. The Balaban J connectivity index is 0.00000529. The lowest BCUT2D eigenvalue weighted by Gasteiger charge is -2.13. The Labute approximate surface area is 169 Å². The molecule has 0 radical (unpaired) electrons. The number of methoxy groups -OCH3 is 3. The van der Waals surface area contributed by atoms with Crippen LogP contribution in [0.5, 0.6) is 11.5 Å². The fraction of sp³-hybridized carbons (Fsp3) is 0.562. The molecule has 0 spiro atoms. The molecule has 1 aromatic rings. The van der Waals surface area contributed by atoms with Crippen LogP contribution in [0.4, 0.5) is 0 Å². The monoisotopic (exact) mass is 515 g/mol. The van der Waals surface area contributed by atoms with Crippen molar-refractivity contribution in [2.75, 3.05) is 41.0 Å². The van der Waals surface area contributed by atoms with Crippen LogP contribution in [0.15, 0.2) is 21.6 Å². The predicted molar refractivity (Wildman–Crippen MR) is 112 cm³/mol. The van der Waals surface area contributed by atoms with Crippen molar-refractivity contribution >= 4 is 45.9 Å². The number of hydrogen-bond donors (Lipinski definition) is 2. The van der Waals surface area contributed by atoms with Crippen molar-refractivity contribution in [2.45, 2.75) is 19.9 Å². The van der Waals surface area contributed by atoms with Crippen LogP contribution in [0, 0.1) is 0 Å². The van der Waals surface area contributed by atoms with E-state index >= 15 is 0 Å². The van der Waals surface area contributed by atoms with E-state index in [1.807, 2.05) is 19.1 Å². The summed E-state index contributed by atoms with van der Waals surface area (Å²) in [5.41, 5.74) is 1.02.